The Morgan fingerprint density at radius 2 is 1.57 bits per heavy atom. The largest absolute Gasteiger partial charge is 0.419 e. The van der Waals surface area contributed by atoms with Gasteiger partial charge in [-0.05, 0) is 49.3 Å². The van der Waals surface area contributed by atoms with Crippen molar-refractivity contribution in [1.29, 1.82) is 0 Å². The highest BCUT2D eigenvalue weighted by Crippen LogP contribution is 2.29. The lowest BCUT2D eigenvalue weighted by atomic mass is 10.1. The normalized spacial score (nSPS) is 16.8. The van der Waals surface area contributed by atoms with Gasteiger partial charge in [-0.3, -0.25) is 9.47 Å². The van der Waals surface area contributed by atoms with E-state index in [0.29, 0.717) is 18.7 Å². The van der Waals surface area contributed by atoms with E-state index in [2.05, 4.69) is 9.80 Å². The molecular weight excluding hydrogens is 395 g/mol. The molecule has 1 aromatic heterocycles. The van der Waals surface area contributed by atoms with Gasteiger partial charge in [0.1, 0.15) is 0 Å². The second kappa shape index (κ2) is 8.65. The first-order valence-electron chi connectivity index (χ1n) is 10.1. The van der Waals surface area contributed by atoms with Crippen molar-refractivity contribution in [3.63, 3.8) is 0 Å². The molecule has 2 aromatic carbocycles. The van der Waals surface area contributed by atoms with Crippen LogP contribution in [0.5, 0.6) is 0 Å². The van der Waals surface area contributed by atoms with Crippen molar-refractivity contribution in [1.82, 2.24) is 14.4 Å². The minimum Gasteiger partial charge on any atom is -0.408 e. The average Bonchev–Trinajstić information content (AvgIpc) is 2.87. The number of fused-ring (bicyclic) bond motifs is 1. The summed E-state index contributed by atoms with van der Waals surface area (Å²) in [6.45, 7) is 5.46. The van der Waals surface area contributed by atoms with Gasteiger partial charge in [0.15, 0.2) is 5.58 Å². The summed E-state index contributed by atoms with van der Waals surface area (Å²) in [4.78, 5) is 16.7. The summed E-state index contributed by atoms with van der Waals surface area (Å²) in [5.41, 5.74) is 1.67. The molecule has 0 N–H and O–H groups in total. The number of aromatic nitrogens is 1. The summed E-state index contributed by atoms with van der Waals surface area (Å²) < 4.78 is 45.1. The molecule has 0 amide bonds. The minimum atomic E-state index is -4.30. The lowest BCUT2D eigenvalue weighted by Crippen LogP contribution is -2.33. The number of oxazole rings is 1. The molecule has 4 rings (SSSR count). The first kappa shape index (κ1) is 20.7. The number of halogens is 3. The second-order valence-electron chi connectivity index (χ2n) is 7.65. The van der Waals surface area contributed by atoms with E-state index in [9.17, 15) is 18.0 Å². The van der Waals surface area contributed by atoms with Crippen molar-refractivity contribution >= 4 is 11.1 Å². The standard InChI is InChI=1S/C22H24F3N3O2/c23-22(24,25)18-8-6-17(7-9-18)16-27-11-3-10-26(12-13-27)14-15-28-19-4-1-2-5-20(19)30-21(28)29/h1-2,4-9H,3,10-16H2. The van der Waals surface area contributed by atoms with E-state index in [1.165, 1.54) is 0 Å². The molecule has 8 heteroatoms. The molecule has 0 atom stereocenters. The Labute approximate surface area is 172 Å². The number of hydrogen-bond donors (Lipinski definition) is 0. The molecule has 2 heterocycles. The van der Waals surface area contributed by atoms with Gasteiger partial charge in [0, 0.05) is 32.7 Å². The van der Waals surface area contributed by atoms with E-state index < -0.39 is 11.7 Å². The van der Waals surface area contributed by atoms with E-state index in [-0.39, 0.29) is 5.76 Å². The van der Waals surface area contributed by atoms with Crippen LogP contribution in [0.4, 0.5) is 13.2 Å². The van der Waals surface area contributed by atoms with Gasteiger partial charge in [0.05, 0.1) is 11.1 Å². The van der Waals surface area contributed by atoms with Crippen molar-refractivity contribution in [2.75, 3.05) is 32.7 Å². The van der Waals surface area contributed by atoms with Crippen LogP contribution in [0.3, 0.4) is 0 Å². The van der Waals surface area contributed by atoms with Gasteiger partial charge in [-0.25, -0.2) is 4.79 Å². The van der Waals surface area contributed by atoms with Crippen LogP contribution in [0, 0.1) is 0 Å². The first-order chi connectivity index (χ1) is 14.4. The number of benzene rings is 2. The Kier molecular flexibility index (Phi) is 5.97. The van der Waals surface area contributed by atoms with Crippen LogP contribution in [0.15, 0.2) is 57.7 Å². The molecule has 1 saturated heterocycles. The lowest BCUT2D eigenvalue weighted by Gasteiger charge is -2.22. The summed E-state index contributed by atoms with van der Waals surface area (Å²) in [6.07, 6.45) is -3.33. The quantitative estimate of drug-likeness (QED) is 0.631. The van der Waals surface area contributed by atoms with E-state index in [1.807, 2.05) is 18.2 Å². The fourth-order valence-electron chi connectivity index (χ4n) is 3.93. The third kappa shape index (κ3) is 4.76. The molecule has 1 aliphatic heterocycles. The minimum absolute atomic E-state index is 0.338. The van der Waals surface area contributed by atoms with Gasteiger partial charge in [-0.15, -0.1) is 0 Å². The summed E-state index contributed by atoms with van der Waals surface area (Å²) in [6, 6.07) is 12.8. The predicted octanol–water partition coefficient (Wildman–Crippen LogP) is 3.82. The maximum atomic E-state index is 12.7. The van der Waals surface area contributed by atoms with E-state index in [4.69, 9.17) is 4.42 Å². The molecule has 1 fully saturated rings. The topological polar surface area (TPSA) is 41.6 Å². The third-order valence-corrected chi connectivity index (χ3v) is 5.58. The van der Waals surface area contributed by atoms with Crippen LogP contribution in [-0.2, 0) is 19.3 Å². The number of para-hydroxylation sites is 2. The highest BCUT2D eigenvalue weighted by atomic mass is 19.4. The molecular formula is C22H24F3N3O2. The monoisotopic (exact) mass is 419 g/mol. The highest BCUT2D eigenvalue weighted by molar-refractivity contribution is 5.72. The maximum absolute atomic E-state index is 12.7. The predicted molar refractivity (Wildman–Crippen MR) is 108 cm³/mol. The smallest absolute Gasteiger partial charge is 0.408 e. The molecule has 160 valence electrons. The Morgan fingerprint density at radius 3 is 2.33 bits per heavy atom. The van der Waals surface area contributed by atoms with Crippen molar-refractivity contribution in [2.24, 2.45) is 0 Å². The fraction of sp³-hybridized carbons (Fsp3) is 0.409. The van der Waals surface area contributed by atoms with Gasteiger partial charge >= 0.3 is 11.9 Å². The summed E-state index contributed by atoms with van der Waals surface area (Å²) >= 11 is 0. The fourth-order valence-corrected chi connectivity index (χ4v) is 3.93. The van der Waals surface area contributed by atoms with E-state index >= 15 is 0 Å². The zero-order chi connectivity index (χ0) is 21.1. The van der Waals surface area contributed by atoms with Crippen molar-refractivity contribution in [3.8, 4) is 0 Å². The Morgan fingerprint density at radius 1 is 0.867 bits per heavy atom. The first-order valence-corrected chi connectivity index (χ1v) is 10.1. The van der Waals surface area contributed by atoms with Crippen LogP contribution < -0.4 is 5.76 Å². The molecule has 3 aromatic rings. The highest BCUT2D eigenvalue weighted by Gasteiger charge is 2.30. The maximum Gasteiger partial charge on any atom is 0.419 e. The third-order valence-electron chi connectivity index (χ3n) is 5.58. The zero-order valence-electron chi connectivity index (χ0n) is 16.6. The van der Waals surface area contributed by atoms with Crippen LogP contribution in [0.25, 0.3) is 11.1 Å². The summed E-state index contributed by atoms with van der Waals surface area (Å²) in [7, 11) is 0. The molecule has 0 saturated carbocycles. The van der Waals surface area contributed by atoms with Gasteiger partial charge < -0.3 is 9.32 Å². The SMILES string of the molecule is O=c1oc2ccccc2n1CCN1CCCN(Cc2ccc(C(F)(F)F)cc2)CC1. The van der Waals surface area contributed by atoms with Gasteiger partial charge in [-0.2, -0.15) is 13.2 Å². The van der Waals surface area contributed by atoms with Gasteiger partial charge in [0.25, 0.3) is 0 Å². The second-order valence-corrected chi connectivity index (χ2v) is 7.65. The van der Waals surface area contributed by atoms with Gasteiger partial charge in [-0.1, -0.05) is 24.3 Å². The zero-order valence-corrected chi connectivity index (χ0v) is 16.6. The summed E-state index contributed by atoms with van der Waals surface area (Å²) in [5, 5.41) is 0. The molecule has 30 heavy (non-hydrogen) atoms. The van der Waals surface area contributed by atoms with Crippen LogP contribution in [0.1, 0.15) is 17.5 Å². The Hall–Kier alpha value is -2.58. The number of nitrogens with zero attached hydrogens (tertiary/aromatic N) is 3. The molecule has 0 aliphatic carbocycles. The van der Waals surface area contributed by atoms with Crippen molar-refractivity contribution in [3.05, 3.63) is 70.2 Å². The van der Waals surface area contributed by atoms with Crippen molar-refractivity contribution < 1.29 is 17.6 Å². The molecule has 0 spiro atoms. The van der Waals surface area contributed by atoms with Crippen molar-refractivity contribution in [2.45, 2.75) is 25.7 Å². The van der Waals surface area contributed by atoms with E-state index in [1.54, 1.807) is 22.8 Å². The van der Waals surface area contributed by atoms with Gasteiger partial charge in [0.2, 0.25) is 0 Å². The Balaban J connectivity index is 1.32. The molecule has 0 unspecified atom stereocenters. The summed E-state index contributed by atoms with van der Waals surface area (Å²) in [5.74, 6) is -0.338. The number of hydrogen-bond acceptors (Lipinski definition) is 4. The van der Waals surface area contributed by atoms with Crippen LogP contribution in [-0.4, -0.2) is 47.1 Å². The molecule has 1 aliphatic rings. The van der Waals surface area contributed by atoms with Crippen LogP contribution >= 0.6 is 0 Å². The number of alkyl halides is 3. The molecule has 0 bridgehead atoms. The van der Waals surface area contributed by atoms with Crippen LogP contribution in [0.2, 0.25) is 0 Å². The molecule has 0 radical (unpaired) electrons. The molecule has 5 nitrogen and oxygen atoms in total. The lowest BCUT2D eigenvalue weighted by molar-refractivity contribution is -0.137. The van der Waals surface area contributed by atoms with E-state index in [0.717, 1.165) is 62.4 Å². The number of rotatable bonds is 5. The Bertz CT molecular complexity index is 1040. The average molecular weight is 419 g/mol.